The van der Waals surface area contributed by atoms with Crippen LogP contribution in [0, 0.1) is 0 Å². The van der Waals surface area contributed by atoms with E-state index in [1.165, 1.54) is 30.3 Å². The Balaban J connectivity index is 2.09. The van der Waals surface area contributed by atoms with Crippen LogP contribution in [0.4, 0.5) is 27.8 Å². The molecule has 2 heterocycles. The van der Waals surface area contributed by atoms with E-state index in [0.717, 1.165) is 10.8 Å². The maximum absolute atomic E-state index is 12.6. The lowest BCUT2D eigenvalue weighted by atomic mass is 10.3. The van der Waals surface area contributed by atoms with E-state index < -0.39 is 24.9 Å². The third kappa shape index (κ3) is 4.55. The van der Waals surface area contributed by atoms with Crippen LogP contribution < -0.4 is 15.6 Å². The summed E-state index contributed by atoms with van der Waals surface area (Å²) >= 11 is 3.10. The molecular weight excluding hydrogens is 455 g/mol. The number of hydrogen-bond donors (Lipinski definition) is 1. The average Bonchev–Trinajstić information content (AvgIpc) is 2.61. The third-order valence-corrected chi connectivity index (χ3v) is 4.02. The van der Waals surface area contributed by atoms with Crippen LogP contribution in [0.15, 0.2) is 45.8 Å². The summed E-state index contributed by atoms with van der Waals surface area (Å²) in [6, 6.07) is 6.49. The number of hydrogen-bond acceptors (Lipinski definition) is 5. The van der Waals surface area contributed by atoms with Crippen molar-refractivity contribution in [1.82, 2.24) is 14.5 Å². The molecule has 1 N–H and O–H groups in total. The molecule has 0 bridgehead atoms. The molecule has 0 fully saturated rings. The zero-order valence-electron chi connectivity index (χ0n) is 13.7. The van der Waals surface area contributed by atoms with E-state index in [-0.39, 0.29) is 32.9 Å². The predicted octanol–water partition coefficient (Wildman–Crippen LogP) is 4.12. The second-order valence-electron chi connectivity index (χ2n) is 5.44. The third-order valence-electron chi connectivity index (χ3n) is 3.45. The highest BCUT2D eigenvalue weighted by atomic mass is 79.9. The number of anilines is 1. The van der Waals surface area contributed by atoms with Crippen LogP contribution in [0.1, 0.15) is 0 Å². The first-order chi connectivity index (χ1) is 13.1. The van der Waals surface area contributed by atoms with Crippen molar-refractivity contribution in [2.45, 2.75) is 12.8 Å². The molecule has 1 aromatic carbocycles. The fourth-order valence-electron chi connectivity index (χ4n) is 2.33. The first kappa shape index (κ1) is 20.0. The topological polar surface area (TPSA) is 69.0 Å². The number of alkyl halides is 5. The van der Waals surface area contributed by atoms with Gasteiger partial charge in [-0.1, -0.05) is 0 Å². The molecule has 0 saturated heterocycles. The number of benzene rings is 1. The van der Waals surface area contributed by atoms with E-state index in [1.807, 2.05) is 0 Å². The molecule has 6 nitrogen and oxygen atoms in total. The summed E-state index contributed by atoms with van der Waals surface area (Å²) in [7, 11) is 0. The highest BCUT2D eigenvalue weighted by Gasteiger charge is 2.27. The molecule has 0 atom stereocenters. The van der Waals surface area contributed by atoms with Gasteiger partial charge in [0.05, 0.1) is 16.4 Å². The largest absolute Gasteiger partial charge is 0.435 e. The average molecular weight is 465 g/mol. The second kappa shape index (κ2) is 7.70. The molecule has 0 unspecified atom stereocenters. The van der Waals surface area contributed by atoms with Gasteiger partial charge >= 0.3 is 12.8 Å². The smallest absolute Gasteiger partial charge is 0.405 e. The Morgan fingerprint density at radius 3 is 2.50 bits per heavy atom. The number of nitrogens with zero attached hydrogens (tertiary/aromatic N) is 3. The quantitative estimate of drug-likeness (QED) is 0.575. The number of fused-ring (bicyclic) bond motifs is 1. The van der Waals surface area contributed by atoms with E-state index in [9.17, 15) is 26.7 Å². The van der Waals surface area contributed by atoms with Crippen LogP contribution in [0.25, 0.3) is 16.9 Å². The molecule has 12 heteroatoms. The van der Waals surface area contributed by atoms with Crippen molar-refractivity contribution >= 4 is 32.9 Å². The molecule has 3 aromatic rings. The lowest BCUT2D eigenvalue weighted by Gasteiger charge is -2.13. The fraction of sp³-hybridized carbons (Fsp3) is 0.188. The van der Waals surface area contributed by atoms with Crippen molar-refractivity contribution < 1.29 is 26.7 Å². The summed E-state index contributed by atoms with van der Waals surface area (Å²) in [5.41, 5.74) is -0.0997. The van der Waals surface area contributed by atoms with Crippen molar-refractivity contribution in [3.8, 4) is 11.4 Å². The van der Waals surface area contributed by atoms with E-state index in [4.69, 9.17) is 0 Å². The minimum Gasteiger partial charge on any atom is -0.435 e. The summed E-state index contributed by atoms with van der Waals surface area (Å²) in [6.07, 6.45) is -3.36. The second-order valence-corrected chi connectivity index (χ2v) is 6.29. The number of ether oxygens (including phenoxy) is 1. The molecule has 28 heavy (non-hydrogen) atoms. The lowest BCUT2D eigenvalue weighted by Crippen LogP contribution is -2.23. The summed E-state index contributed by atoms with van der Waals surface area (Å²) < 4.78 is 67.3. The van der Waals surface area contributed by atoms with Gasteiger partial charge in [-0.05, 0) is 46.3 Å². The maximum atomic E-state index is 12.6. The van der Waals surface area contributed by atoms with Gasteiger partial charge in [-0.2, -0.15) is 22.0 Å². The summed E-state index contributed by atoms with van der Waals surface area (Å²) in [6.45, 7) is -4.33. The molecule has 3 rings (SSSR count). The van der Waals surface area contributed by atoms with E-state index in [0.29, 0.717) is 0 Å². The van der Waals surface area contributed by atoms with Gasteiger partial charge in [0, 0.05) is 0 Å². The Labute approximate surface area is 162 Å². The molecule has 0 amide bonds. The first-order valence-corrected chi connectivity index (χ1v) is 8.37. The van der Waals surface area contributed by atoms with Gasteiger partial charge < -0.3 is 10.1 Å². The lowest BCUT2D eigenvalue weighted by molar-refractivity contribution is -0.115. The molecule has 2 aromatic heterocycles. The molecular formula is C16H10BrF5N4O2. The Morgan fingerprint density at radius 2 is 1.89 bits per heavy atom. The zero-order valence-corrected chi connectivity index (χ0v) is 15.3. The minimum absolute atomic E-state index is 0.0112. The molecule has 0 aliphatic carbocycles. The SMILES string of the molecule is O=c1c(Br)cc2ncc(NCC(F)(F)F)nc2n1-c1ccc(OC(F)F)cc1. The molecule has 0 aliphatic rings. The number of rotatable bonds is 5. The summed E-state index contributed by atoms with van der Waals surface area (Å²) in [5, 5.41) is 2.09. The first-order valence-electron chi connectivity index (χ1n) is 7.58. The molecule has 0 spiro atoms. The maximum Gasteiger partial charge on any atom is 0.405 e. The molecule has 0 radical (unpaired) electrons. The monoisotopic (exact) mass is 464 g/mol. The molecule has 0 aliphatic heterocycles. The fourth-order valence-corrected chi connectivity index (χ4v) is 2.73. The van der Waals surface area contributed by atoms with Crippen LogP contribution in [0.3, 0.4) is 0 Å². The normalized spacial score (nSPS) is 11.8. The van der Waals surface area contributed by atoms with Gasteiger partial charge in [-0.25, -0.2) is 9.97 Å². The van der Waals surface area contributed by atoms with Gasteiger partial charge in [0.2, 0.25) is 0 Å². The predicted molar refractivity (Wildman–Crippen MR) is 94.0 cm³/mol. The molecule has 0 saturated carbocycles. The number of halogens is 6. The van der Waals surface area contributed by atoms with Crippen molar-refractivity contribution in [3.05, 3.63) is 51.4 Å². The van der Waals surface area contributed by atoms with Crippen LogP contribution in [-0.2, 0) is 0 Å². The highest BCUT2D eigenvalue weighted by Crippen LogP contribution is 2.22. The van der Waals surface area contributed by atoms with Crippen LogP contribution in [0.5, 0.6) is 5.75 Å². The Kier molecular flexibility index (Phi) is 5.49. The van der Waals surface area contributed by atoms with Crippen LogP contribution >= 0.6 is 15.9 Å². The zero-order chi connectivity index (χ0) is 20.5. The van der Waals surface area contributed by atoms with Crippen LogP contribution in [0.2, 0.25) is 0 Å². The minimum atomic E-state index is -4.46. The Morgan fingerprint density at radius 1 is 1.21 bits per heavy atom. The number of aromatic nitrogens is 3. The standard InChI is InChI=1S/C16H10BrF5N4O2/c17-10-5-11-13(25-12(6-23-11)24-7-16(20,21)22)26(14(10)27)8-1-3-9(4-2-8)28-15(18)19/h1-6,15H,7H2,(H,24,25). The van der Waals surface area contributed by atoms with Gasteiger partial charge in [0.15, 0.2) is 5.65 Å². The van der Waals surface area contributed by atoms with Gasteiger partial charge in [-0.3, -0.25) is 9.36 Å². The van der Waals surface area contributed by atoms with Crippen molar-refractivity contribution in [1.29, 1.82) is 0 Å². The summed E-state index contributed by atoms with van der Waals surface area (Å²) in [4.78, 5) is 20.6. The van der Waals surface area contributed by atoms with Crippen molar-refractivity contribution in [2.75, 3.05) is 11.9 Å². The van der Waals surface area contributed by atoms with Crippen molar-refractivity contribution in [3.63, 3.8) is 0 Å². The van der Waals surface area contributed by atoms with E-state index >= 15 is 0 Å². The van der Waals surface area contributed by atoms with E-state index in [2.05, 4.69) is 36.0 Å². The Hall–Kier alpha value is -2.76. The van der Waals surface area contributed by atoms with E-state index in [1.54, 1.807) is 0 Å². The van der Waals surface area contributed by atoms with Crippen molar-refractivity contribution in [2.24, 2.45) is 0 Å². The number of pyridine rings is 1. The van der Waals surface area contributed by atoms with Gasteiger partial charge in [-0.15, -0.1) is 0 Å². The van der Waals surface area contributed by atoms with Gasteiger partial charge in [0.25, 0.3) is 5.56 Å². The highest BCUT2D eigenvalue weighted by molar-refractivity contribution is 9.10. The Bertz CT molecular complexity index is 1050. The molecule has 148 valence electrons. The number of nitrogens with one attached hydrogen (secondary N) is 1. The van der Waals surface area contributed by atoms with Crippen LogP contribution in [-0.4, -0.2) is 33.9 Å². The summed E-state index contributed by atoms with van der Waals surface area (Å²) in [5.74, 6) is -0.303. The van der Waals surface area contributed by atoms with Gasteiger partial charge in [0.1, 0.15) is 23.6 Å².